The van der Waals surface area contributed by atoms with Crippen LogP contribution in [0.4, 0.5) is 10.5 Å². The lowest BCUT2D eigenvalue weighted by Gasteiger charge is -2.22. The summed E-state index contributed by atoms with van der Waals surface area (Å²) < 4.78 is 5.11. The van der Waals surface area contributed by atoms with E-state index < -0.39 is 11.7 Å². The lowest BCUT2D eigenvalue weighted by molar-refractivity contribution is -0.127. The highest BCUT2D eigenvalue weighted by Gasteiger charge is 2.22. The summed E-state index contributed by atoms with van der Waals surface area (Å²) in [5.74, 6) is 0.0334. The Balaban J connectivity index is 2.03. The average Bonchev–Trinajstić information content (AvgIpc) is 3.01. The first-order valence-corrected chi connectivity index (χ1v) is 12.0. The van der Waals surface area contributed by atoms with Gasteiger partial charge in [0.2, 0.25) is 11.8 Å². The third kappa shape index (κ3) is 8.53. The highest BCUT2D eigenvalue weighted by Crippen LogP contribution is 2.34. The van der Waals surface area contributed by atoms with E-state index in [2.05, 4.69) is 15.6 Å². The van der Waals surface area contributed by atoms with Crippen LogP contribution in [0.5, 0.6) is 0 Å². The summed E-state index contributed by atoms with van der Waals surface area (Å²) in [5, 5.41) is 5.19. The fourth-order valence-corrected chi connectivity index (χ4v) is 4.24. The van der Waals surface area contributed by atoms with Crippen LogP contribution in [0.3, 0.4) is 0 Å². The molecule has 0 atom stereocenters. The van der Waals surface area contributed by atoms with Crippen molar-refractivity contribution in [3.05, 3.63) is 21.4 Å². The number of nitrogens with two attached hydrogens (primary N) is 1. The van der Waals surface area contributed by atoms with Crippen LogP contribution >= 0.6 is 11.3 Å². The number of nitrogens with zero attached hydrogens (tertiary/aromatic N) is 2. The minimum atomic E-state index is -0.646. The van der Waals surface area contributed by atoms with Crippen molar-refractivity contribution in [2.75, 3.05) is 19.6 Å². The molecule has 0 bridgehead atoms. The monoisotopic (exact) mass is 477 g/mol. The van der Waals surface area contributed by atoms with Gasteiger partial charge < -0.3 is 26.0 Å². The number of rotatable bonds is 9. The third-order valence-electron chi connectivity index (χ3n) is 4.53. The Morgan fingerprint density at radius 1 is 1.18 bits per heavy atom. The van der Waals surface area contributed by atoms with Crippen LogP contribution < -0.4 is 16.4 Å². The van der Waals surface area contributed by atoms with Gasteiger partial charge in [0.15, 0.2) is 0 Å². The van der Waals surface area contributed by atoms with Crippen LogP contribution in [-0.2, 0) is 20.9 Å². The van der Waals surface area contributed by atoms with Crippen LogP contribution in [0.1, 0.15) is 63.6 Å². The van der Waals surface area contributed by atoms with Crippen molar-refractivity contribution in [1.82, 2.24) is 15.5 Å². The molecular weight excluding hydrogens is 442 g/mol. The van der Waals surface area contributed by atoms with Gasteiger partial charge in [-0.05, 0) is 45.8 Å². The smallest absolute Gasteiger partial charge is 0.408 e. The number of thiophene rings is 1. The Labute approximate surface area is 199 Å². The quantitative estimate of drug-likeness (QED) is 0.503. The molecule has 1 aromatic heterocycles. The normalized spacial score (nSPS) is 13.2. The maximum Gasteiger partial charge on any atom is 0.408 e. The Morgan fingerprint density at radius 2 is 1.85 bits per heavy atom. The zero-order chi connectivity index (χ0) is 24.6. The molecule has 2 heterocycles. The summed E-state index contributed by atoms with van der Waals surface area (Å²) in [6, 6.07) is 1.86. The molecule has 0 saturated heterocycles. The summed E-state index contributed by atoms with van der Waals surface area (Å²) in [5.41, 5.74) is 6.77. The van der Waals surface area contributed by atoms with Gasteiger partial charge in [-0.1, -0.05) is 13.8 Å². The van der Waals surface area contributed by atoms with Gasteiger partial charge in [-0.25, -0.2) is 9.79 Å². The number of amides is 3. The van der Waals surface area contributed by atoms with Crippen molar-refractivity contribution in [2.45, 2.75) is 66.0 Å². The van der Waals surface area contributed by atoms with E-state index in [4.69, 9.17) is 10.5 Å². The van der Waals surface area contributed by atoms with Crippen molar-refractivity contribution < 1.29 is 19.1 Å². The van der Waals surface area contributed by atoms with Crippen LogP contribution in [-0.4, -0.2) is 53.9 Å². The first kappa shape index (κ1) is 26.4. The second-order valence-corrected chi connectivity index (χ2v) is 10.0. The van der Waals surface area contributed by atoms with Gasteiger partial charge in [-0.3, -0.25) is 9.59 Å². The van der Waals surface area contributed by atoms with Gasteiger partial charge in [-0.2, -0.15) is 0 Å². The molecule has 3 amide bonds. The first-order valence-electron chi connectivity index (χ1n) is 11.2. The molecule has 182 valence electrons. The van der Waals surface area contributed by atoms with Crippen molar-refractivity contribution in [3.63, 3.8) is 0 Å². The van der Waals surface area contributed by atoms with E-state index in [9.17, 15) is 14.4 Å². The predicted octanol–water partition coefficient (Wildman–Crippen LogP) is 3.31. The van der Waals surface area contributed by atoms with Crippen molar-refractivity contribution in [2.24, 2.45) is 10.7 Å². The van der Waals surface area contributed by atoms with E-state index in [1.54, 1.807) is 20.8 Å². The van der Waals surface area contributed by atoms with Crippen molar-refractivity contribution in [1.29, 1.82) is 0 Å². The maximum atomic E-state index is 13.1. The number of hydrogen-bond acceptors (Lipinski definition) is 7. The topological polar surface area (TPSA) is 126 Å². The van der Waals surface area contributed by atoms with Gasteiger partial charge in [0.05, 0.1) is 17.1 Å². The van der Waals surface area contributed by atoms with Gasteiger partial charge in [0.1, 0.15) is 18.0 Å². The molecule has 0 spiro atoms. The molecule has 1 aromatic rings. The number of ether oxygens (including phenoxy) is 1. The molecular formula is C23H35N5O4S. The highest BCUT2D eigenvalue weighted by atomic mass is 32.1. The van der Waals surface area contributed by atoms with E-state index in [1.165, 1.54) is 11.3 Å². The van der Waals surface area contributed by atoms with E-state index >= 15 is 0 Å². The van der Waals surface area contributed by atoms with Crippen molar-refractivity contribution >= 4 is 46.8 Å². The van der Waals surface area contributed by atoms with Crippen LogP contribution in [0.15, 0.2) is 16.6 Å². The predicted molar refractivity (Wildman–Crippen MR) is 131 cm³/mol. The molecule has 2 rings (SSSR count). The molecule has 4 N–H and O–H groups in total. The van der Waals surface area contributed by atoms with Gasteiger partial charge in [0.25, 0.3) is 0 Å². The van der Waals surface area contributed by atoms with Crippen LogP contribution in [0.2, 0.25) is 0 Å². The molecule has 0 fully saturated rings. The molecule has 0 unspecified atom stereocenters. The number of carbonyl (C=O) groups is 3. The molecule has 1 aliphatic rings. The molecule has 9 nitrogen and oxygen atoms in total. The molecule has 0 radical (unpaired) electrons. The molecule has 0 aliphatic carbocycles. The number of nitrogens with one attached hydrogen (secondary N) is 2. The van der Waals surface area contributed by atoms with E-state index in [-0.39, 0.29) is 24.9 Å². The van der Waals surface area contributed by atoms with E-state index in [1.807, 2.05) is 30.9 Å². The van der Waals surface area contributed by atoms with Crippen LogP contribution in [0, 0.1) is 0 Å². The summed E-state index contributed by atoms with van der Waals surface area (Å²) in [4.78, 5) is 44.9. The minimum absolute atomic E-state index is 0.0128. The highest BCUT2D eigenvalue weighted by molar-refractivity contribution is 7.13. The lowest BCUT2D eigenvalue weighted by atomic mass is 10.1. The number of amidine groups is 1. The largest absolute Gasteiger partial charge is 0.444 e. The fraction of sp³-hybridized carbons (Fsp3) is 0.565. The Bertz CT molecular complexity index is 924. The SMILES string of the molecule is CCCN(CCC)C(=O)C1=Cc2sc(CNC(=O)CNC(=O)OC(C)(C)C)cc2N=C(N)C1. The zero-order valence-corrected chi connectivity index (χ0v) is 20.9. The zero-order valence-electron chi connectivity index (χ0n) is 20.1. The summed E-state index contributed by atoms with van der Waals surface area (Å²) in [6.45, 7) is 10.8. The third-order valence-corrected chi connectivity index (χ3v) is 5.60. The van der Waals surface area contributed by atoms with E-state index in [0.717, 1.165) is 22.6 Å². The molecule has 10 heteroatoms. The maximum absolute atomic E-state index is 13.1. The molecule has 33 heavy (non-hydrogen) atoms. The number of aliphatic imine (C=N–C) groups is 1. The second-order valence-electron chi connectivity index (χ2n) is 8.84. The molecule has 0 aromatic carbocycles. The number of carbonyl (C=O) groups excluding carboxylic acids is 3. The Hall–Kier alpha value is -2.88. The van der Waals surface area contributed by atoms with Gasteiger partial charge in [0, 0.05) is 30.0 Å². The molecule has 0 saturated carbocycles. The lowest BCUT2D eigenvalue weighted by Crippen LogP contribution is -2.39. The van der Waals surface area contributed by atoms with Gasteiger partial charge >= 0.3 is 6.09 Å². The molecule has 1 aliphatic heterocycles. The summed E-state index contributed by atoms with van der Waals surface area (Å²) in [6.07, 6.45) is 3.30. The Morgan fingerprint density at radius 3 is 2.45 bits per heavy atom. The Kier molecular flexibility index (Phi) is 9.45. The first-order chi connectivity index (χ1) is 15.5. The van der Waals surface area contributed by atoms with E-state index in [0.29, 0.717) is 36.6 Å². The van der Waals surface area contributed by atoms with Crippen molar-refractivity contribution in [3.8, 4) is 0 Å². The number of hydrogen-bond donors (Lipinski definition) is 3. The number of alkyl carbamates (subject to hydrolysis) is 1. The summed E-state index contributed by atoms with van der Waals surface area (Å²) >= 11 is 1.45. The van der Waals surface area contributed by atoms with Gasteiger partial charge in [-0.15, -0.1) is 11.3 Å². The standard InChI is InChI=1S/C23H35N5O4S/c1-6-8-28(9-7-2)21(30)15-10-18-17(27-19(24)11-15)12-16(33-18)13-25-20(29)14-26-22(31)32-23(3,4)5/h10,12H,6-9,11,13-14H2,1-5H3,(H2,24,27)(H,25,29)(H,26,31). The second kappa shape index (κ2) is 11.8. The minimum Gasteiger partial charge on any atom is -0.444 e. The fourth-order valence-electron chi connectivity index (χ4n) is 3.23. The summed E-state index contributed by atoms with van der Waals surface area (Å²) in [7, 11) is 0. The van der Waals surface area contributed by atoms with Crippen LogP contribution in [0.25, 0.3) is 6.08 Å². The number of fused-ring (bicyclic) bond motifs is 1. The average molecular weight is 478 g/mol.